The first-order chi connectivity index (χ1) is 14.5. The number of amides is 2. The predicted octanol–water partition coefficient (Wildman–Crippen LogP) is 3.07. The van der Waals surface area contributed by atoms with Crippen LogP contribution in [-0.2, 0) is 16.0 Å². The lowest BCUT2D eigenvalue weighted by Gasteiger charge is -2.13. The third kappa shape index (κ3) is 4.22. The monoisotopic (exact) mass is 406 g/mol. The molecule has 30 heavy (non-hydrogen) atoms. The number of carboxylic acids is 1. The number of aliphatic carboxylic acids is 1. The highest BCUT2D eigenvalue weighted by atomic mass is 16.4. The Kier molecular flexibility index (Phi) is 5.56. The van der Waals surface area contributed by atoms with Crippen molar-refractivity contribution in [3.8, 4) is 0 Å². The van der Waals surface area contributed by atoms with E-state index in [1.54, 1.807) is 36.5 Å². The van der Waals surface area contributed by atoms with Crippen LogP contribution in [0.25, 0.3) is 0 Å². The fourth-order valence-electron chi connectivity index (χ4n) is 3.93. The number of nitrogens with one attached hydrogen (secondary N) is 1. The summed E-state index contributed by atoms with van der Waals surface area (Å²) in [5, 5.41) is 17.0. The number of carbonyl (C=O) groups excluding carboxylic acids is 2. The molecule has 2 heterocycles. The van der Waals surface area contributed by atoms with Gasteiger partial charge in [-0.15, -0.1) is 0 Å². The molecule has 2 aromatic rings. The average Bonchev–Trinajstić information content (AvgIpc) is 3.23. The number of hydrazone groups is 1. The minimum Gasteiger partial charge on any atom is -0.480 e. The maximum atomic E-state index is 12.6. The van der Waals surface area contributed by atoms with E-state index in [1.807, 2.05) is 6.07 Å². The van der Waals surface area contributed by atoms with E-state index in [4.69, 9.17) is 5.11 Å². The van der Waals surface area contributed by atoms with E-state index in [9.17, 15) is 14.4 Å². The summed E-state index contributed by atoms with van der Waals surface area (Å²) in [6, 6.07) is 10.1. The number of carboxylic acid groups (broad SMARTS) is 1. The van der Waals surface area contributed by atoms with Crippen LogP contribution in [0.1, 0.15) is 42.5 Å². The van der Waals surface area contributed by atoms with Gasteiger partial charge in [-0.2, -0.15) is 5.10 Å². The van der Waals surface area contributed by atoms with Gasteiger partial charge in [0.2, 0.25) is 0 Å². The van der Waals surface area contributed by atoms with Gasteiger partial charge in [0, 0.05) is 24.1 Å². The first-order valence-electron chi connectivity index (χ1n) is 9.97. The Morgan fingerprint density at radius 1 is 1.17 bits per heavy atom. The molecule has 1 fully saturated rings. The van der Waals surface area contributed by atoms with Crippen LogP contribution in [0, 0.1) is 5.92 Å². The standard InChI is InChI=1S/C22H22N4O4/c27-19(15-5-1-2-6-15)12-14-8-9-16-18(11-14)24-22(30)26(13-20(28)29)25-21(16)17-7-3-4-10-23-17/h3-4,7-11,15H,1-2,5-6,12-13H2,(H,24,30)(H,28,29). The second kappa shape index (κ2) is 8.44. The van der Waals surface area contributed by atoms with Crippen molar-refractivity contribution in [2.75, 3.05) is 11.9 Å². The van der Waals surface area contributed by atoms with Crippen LogP contribution in [0.5, 0.6) is 0 Å². The van der Waals surface area contributed by atoms with E-state index in [1.165, 1.54) is 0 Å². The average molecular weight is 406 g/mol. The first-order valence-corrected chi connectivity index (χ1v) is 9.97. The SMILES string of the molecule is O=C(O)CN1N=C(c2ccccn2)c2ccc(CC(=O)C3CCCC3)cc2NC1=O. The number of nitrogens with zero attached hydrogens (tertiary/aromatic N) is 3. The topological polar surface area (TPSA) is 112 Å². The largest absolute Gasteiger partial charge is 0.480 e. The van der Waals surface area contributed by atoms with Gasteiger partial charge in [0.1, 0.15) is 18.0 Å². The molecule has 2 N–H and O–H groups in total. The Labute approximate surface area is 173 Å². The minimum absolute atomic E-state index is 0.120. The summed E-state index contributed by atoms with van der Waals surface area (Å²) in [6.07, 6.45) is 6.00. The fraction of sp³-hybridized carbons (Fsp3) is 0.318. The quantitative estimate of drug-likeness (QED) is 0.766. The molecule has 1 aliphatic carbocycles. The van der Waals surface area contributed by atoms with E-state index in [-0.39, 0.29) is 11.7 Å². The molecule has 0 radical (unpaired) electrons. The van der Waals surface area contributed by atoms with Crippen LogP contribution in [0.15, 0.2) is 47.7 Å². The molecule has 2 aliphatic rings. The van der Waals surface area contributed by atoms with Crippen molar-refractivity contribution < 1.29 is 19.5 Å². The summed E-state index contributed by atoms with van der Waals surface area (Å²) >= 11 is 0. The molecular weight excluding hydrogens is 384 g/mol. The number of pyridine rings is 1. The molecule has 1 saturated carbocycles. The molecule has 0 atom stereocenters. The highest BCUT2D eigenvalue weighted by Gasteiger charge is 2.27. The lowest BCUT2D eigenvalue weighted by molar-refractivity contribution is -0.137. The van der Waals surface area contributed by atoms with Gasteiger partial charge in [-0.25, -0.2) is 9.80 Å². The number of hydrogen-bond donors (Lipinski definition) is 2. The number of ketones is 1. The van der Waals surface area contributed by atoms with Crippen molar-refractivity contribution in [1.82, 2.24) is 9.99 Å². The van der Waals surface area contributed by atoms with Gasteiger partial charge in [0.25, 0.3) is 0 Å². The molecule has 0 bridgehead atoms. The molecule has 0 unspecified atom stereocenters. The Morgan fingerprint density at radius 2 is 1.97 bits per heavy atom. The van der Waals surface area contributed by atoms with Crippen LogP contribution in [0.4, 0.5) is 10.5 Å². The zero-order valence-corrected chi connectivity index (χ0v) is 16.4. The van der Waals surface area contributed by atoms with Gasteiger partial charge in [-0.05, 0) is 36.6 Å². The summed E-state index contributed by atoms with van der Waals surface area (Å²) in [4.78, 5) is 40.7. The van der Waals surface area contributed by atoms with Gasteiger partial charge in [0.05, 0.1) is 11.4 Å². The summed E-state index contributed by atoms with van der Waals surface area (Å²) in [5.74, 6) is -0.836. The van der Waals surface area contributed by atoms with Crippen LogP contribution in [-0.4, -0.2) is 45.1 Å². The molecule has 8 nitrogen and oxygen atoms in total. The summed E-state index contributed by atoms with van der Waals surface area (Å²) in [5.41, 5.74) is 2.80. The van der Waals surface area contributed by atoms with Gasteiger partial charge in [-0.3, -0.25) is 14.6 Å². The third-order valence-corrected chi connectivity index (χ3v) is 5.42. The Morgan fingerprint density at radius 3 is 2.67 bits per heavy atom. The first kappa shape index (κ1) is 19.8. The molecular formula is C22H22N4O4. The molecule has 8 heteroatoms. The lowest BCUT2D eigenvalue weighted by atomic mass is 9.94. The number of aromatic nitrogens is 1. The molecule has 0 saturated heterocycles. The van der Waals surface area contributed by atoms with Crippen molar-refractivity contribution in [3.63, 3.8) is 0 Å². The van der Waals surface area contributed by atoms with Crippen molar-refractivity contribution in [2.24, 2.45) is 11.0 Å². The number of benzene rings is 1. The van der Waals surface area contributed by atoms with E-state index < -0.39 is 18.5 Å². The van der Waals surface area contributed by atoms with E-state index in [0.29, 0.717) is 29.1 Å². The minimum atomic E-state index is -1.18. The fourth-order valence-corrected chi connectivity index (χ4v) is 3.93. The van der Waals surface area contributed by atoms with Crippen LogP contribution >= 0.6 is 0 Å². The molecule has 0 spiro atoms. The van der Waals surface area contributed by atoms with Gasteiger partial charge in [0.15, 0.2) is 0 Å². The second-order valence-electron chi connectivity index (χ2n) is 7.55. The highest BCUT2D eigenvalue weighted by molar-refractivity contribution is 6.17. The Balaban J connectivity index is 1.69. The van der Waals surface area contributed by atoms with E-state index in [2.05, 4.69) is 15.4 Å². The van der Waals surface area contributed by atoms with E-state index in [0.717, 1.165) is 36.3 Å². The second-order valence-corrected chi connectivity index (χ2v) is 7.55. The molecule has 1 aromatic carbocycles. The van der Waals surface area contributed by atoms with Crippen LogP contribution < -0.4 is 5.32 Å². The van der Waals surface area contributed by atoms with Gasteiger partial charge < -0.3 is 10.4 Å². The number of hydrogen-bond acceptors (Lipinski definition) is 5. The lowest BCUT2D eigenvalue weighted by Crippen LogP contribution is -2.34. The molecule has 2 amide bonds. The zero-order valence-electron chi connectivity index (χ0n) is 16.4. The predicted molar refractivity (Wildman–Crippen MR) is 110 cm³/mol. The Hall–Kier alpha value is -3.55. The van der Waals surface area contributed by atoms with Crippen LogP contribution in [0.3, 0.4) is 0 Å². The number of anilines is 1. The summed E-state index contributed by atoms with van der Waals surface area (Å²) in [6.45, 7) is -0.580. The summed E-state index contributed by atoms with van der Waals surface area (Å²) < 4.78 is 0. The Bertz CT molecular complexity index is 1010. The number of urea groups is 1. The van der Waals surface area contributed by atoms with Gasteiger partial charge in [-0.1, -0.05) is 31.0 Å². The maximum Gasteiger partial charge on any atom is 0.342 e. The zero-order chi connectivity index (χ0) is 21.1. The smallest absolute Gasteiger partial charge is 0.342 e. The summed E-state index contributed by atoms with van der Waals surface area (Å²) in [7, 11) is 0. The van der Waals surface area contributed by atoms with Crippen LogP contribution in [0.2, 0.25) is 0 Å². The third-order valence-electron chi connectivity index (χ3n) is 5.42. The number of fused-ring (bicyclic) bond motifs is 1. The number of carbonyl (C=O) groups is 3. The van der Waals surface area contributed by atoms with Crippen molar-refractivity contribution in [2.45, 2.75) is 32.1 Å². The van der Waals surface area contributed by atoms with Crippen molar-refractivity contribution >= 4 is 29.2 Å². The van der Waals surface area contributed by atoms with E-state index >= 15 is 0 Å². The van der Waals surface area contributed by atoms with Gasteiger partial charge >= 0.3 is 12.0 Å². The molecule has 1 aliphatic heterocycles. The number of rotatable bonds is 6. The molecule has 4 rings (SSSR count). The maximum absolute atomic E-state index is 12.6. The molecule has 1 aromatic heterocycles. The molecule has 154 valence electrons. The van der Waals surface area contributed by atoms with Crippen molar-refractivity contribution in [3.05, 3.63) is 59.4 Å². The number of Topliss-reactive ketones (excluding diaryl/α,β-unsaturated/α-hetero) is 1. The highest BCUT2D eigenvalue weighted by Crippen LogP contribution is 2.29. The normalized spacial score (nSPS) is 16.5. The van der Waals surface area contributed by atoms with Crippen molar-refractivity contribution in [1.29, 1.82) is 0 Å².